The predicted molar refractivity (Wildman–Crippen MR) is 107 cm³/mol. The molecule has 0 saturated carbocycles. The number of rotatable bonds is 2. The molecule has 2 aromatic rings. The van der Waals surface area contributed by atoms with Crippen molar-refractivity contribution >= 4 is 38.5 Å². The summed E-state index contributed by atoms with van der Waals surface area (Å²) < 4.78 is 0.880. The average Bonchev–Trinajstić information content (AvgIpc) is 2.91. The quantitative estimate of drug-likeness (QED) is 0.611. The van der Waals surface area contributed by atoms with Crippen molar-refractivity contribution in [2.45, 2.75) is 40.0 Å². The van der Waals surface area contributed by atoms with Crippen molar-refractivity contribution in [1.82, 2.24) is 0 Å². The van der Waals surface area contributed by atoms with Gasteiger partial charge in [0.05, 0.1) is 5.56 Å². The Bertz CT molecular complexity index is 871. The summed E-state index contributed by atoms with van der Waals surface area (Å²) in [6, 6.07) is 7.57. The van der Waals surface area contributed by atoms with Gasteiger partial charge in [0.15, 0.2) is 0 Å². The molecule has 1 aromatic carbocycles. The van der Waals surface area contributed by atoms with Gasteiger partial charge in [-0.05, 0) is 54.4 Å². The maximum absolute atomic E-state index is 9.95. The molecular weight excluding hydrogens is 396 g/mol. The average molecular weight is 417 g/mol. The van der Waals surface area contributed by atoms with Gasteiger partial charge >= 0.3 is 0 Å². The summed E-state index contributed by atoms with van der Waals surface area (Å²) >= 11 is 5.02. The number of benzene rings is 1. The number of thiophene rings is 1. The monoisotopic (exact) mass is 416 g/mol. The zero-order valence-corrected chi connectivity index (χ0v) is 17.0. The lowest BCUT2D eigenvalue weighted by Gasteiger charge is -2.33. The van der Waals surface area contributed by atoms with Crippen LogP contribution in [0.4, 0.5) is 5.00 Å². The van der Waals surface area contributed by atoms with Crippen molar-refractivity contribution in [2.24, 2.45) is 16.3 Å². The Morgan fingerprint density at radius 1 is 1.40 bits per heavy atom. The van der Waals surface area contributed by atoms with E-state index in [1.165, 1.54) is 10.4 Å². The van der Waals surface area contributed by atoms with Crippen molar-refractivity contribution < 1.29 is 5.11 Å². The molecule has 3 nitrogen and oxygen atoms in total. The molecule has 0 amide bonds. The van der Waals surface area contributed by atoms with E-state index < -0.39 is 0 Å². The number of fused-ring (bicyclic) bond motifs is 1. The molecule has 0 bridgehead atoms. The molecular formula is C20H21BrN2OS. The SMILES string of the molecule is CC(C)(C)[C@H]1CCc2c(sc(N=Cc3cc(Br)ccc3O)c2C#N)C1. The molecule has 0 fully saturated rings. The third-order valence-corrected chi connectivity index (χ3v) is 6.55. The van der Waals surface area contributed by atoms with E-state index in [-0.39, 0.29) is 11.2 Å². The molecule has 25 heavy (non-hydrogen) atoms. The summed E-state index contributed by atoms with van der Waals surface area (Å²) in [5.74, 6) is 0.815. The minimum absolute atomic E-state index is 0.180. The minimum Gasteiger partial charge on any atom is -0.507 e. The number of phenols is 1. The second kappa shape index (κ2) is 6.93. The largest absolute Gasteiger partial charge is 0.507 e. The van der Waals surface area contributed by atoms with E-state index in [1.54, 1.807) is 29.7 Å². The van der Waals surface area contributed by atoms with Gasteiger partial charge in [-0.15, -0.1) is 11.3 Å². The van der Waals surface area contributed by atoms with Crippen LogP contribution in [-0.2, 0) is 12.8 Å². The highest BCUT2D eigenvalue weighted by molar-refractivity contribution is 9.10. The molecule has 0 unspecified atom stereocenters. The number of phenolic OH excluding ortho intramolecular Hbond substituents is 1. The summed E-state index contributed by atoms with van der Waals surface area (Å²) in [6.45, 7) is 6.86. The molecule has 0 radical (unpaired) electrons. The number of aliphatic imine (C=N–C) groups is 1. The zero-order chi connectivity index (χ0) is 18.2. The van der Waals surface area contributed by atoms with Gasteiger partial charge in [0.25, 0.3) is 0 Å². The van der Waals surface area contributed by atoms with Crippen LogP contribution < -0.4 is 0 Å². The molecule has 1 atom stereocenters. The standard InChI is InChI=1S/C20H21BrN2OS/c1-20(2,3)13-4-6-15-16(10-22)19(25-18(15)9-13)23-11-12-8-14(21)5-7-17(12)24/h5,7-8,11,13,24H,4,6,9H2,1-3H3/t13-/m0/s1. The van der Waals surface area contributed by atoms with Gasteiger partial charge in [0, 0.05) is 21.1 Å². The fraction of sp³-hybridized carbons (Fsp3) is 0.400. The van der Waals surface area contributed by atoms with Crippen LogP contribution in [0.5, 0.6) is 5.75 Å². The second-order valence-corrected chi connectivity index (χ2v) is 9.56. The van der Waals surface area contributed by atoms with Gasteiger partial charge < -0.3 is 5.11 Å². The molecule has 5 heteroatoms. The Hall–Kier alpha value is -1.64. The first-order valence-corrected chi connectivity index (χ1v) is 9.97. The second-order valence-electron chi connectivity index (χ2n) is 7.56. The molecule has 1 aliphatic rings. The maximum atomic E-state index is 9.95. The minimum atomic E-state index is 0.180. The molecule has 0 aliphatic heterocycles. The lowest BCUT2D eigenvalue weighted by molar-refractivity contribution is 0.218. The van der Waals surface area contributed by atoms with Gasteiger partial charge in [0.2, 0.25) is 0 Å². The topological polar surface area (TPSA) is 56.4 Å². The van der Waals surface area contributed by atoms with Crippen LogP contribution in [0.1, 0.15) is 48.8 Å². The Balaban J connectivity index is 1.94. The third kappa shape index (κ3) is 3.80. The van der Waals surface area contributed by atoms with Gasteiger partial charge in [-0.25, -0.2) is 4.99 Å². The van der Waals surface area contributed by atoms with Crippen molar-refractivity contribution in [3.8, 4) is 11.8 Å². The van der Waals surface area contributed by atoms with Crippen LogP contribution in [0.2, 0.25) is 0 Å². The lowest BCUT2D eigenvalue weighted by atomic mass is 9.72. The predicted octanol–water partition coefficient (Wildman–Crippen LogP) is 5.99. The van der Waals surface area contributed by atoms with Crippen LogP contribution in [-0.4, -0.2) is 11.3 Å². The fourth-order valence-electron chi connectivity index (χ4n) is 3.27. The Labute approximate surface area is 161 Å². The number of aromatic hydroxyl groups is 1. The van der Waals surface area contributed by atoms with E-state index in [9.17, 15) is 10.4 Å². The Morgan fingerprint density at radius 2 is 2.16 bits per heavy atom. The van der Waals surface area contributed by atoms with E-state index in [0.29, 0.717) is 17.0 Å². The number of nitriles is 1. The van der Waals surface area contributed by atoms with Crippen molar-refractivity contribution in [1.29, 1.82) is 5.26 Å². The van der Waals surface area contributed by atoms with Crippen LogP contribution in [0.25, 0.3) is 0 Å². The highest BCUT2D eigenvalue weighted by Gasteiger charge is 2.32. The zero-order valence-electron chi connectivity index (χ0n) is 14.6. The van der Waals surface area contributed by atoms with Crippen LogP contribution >= 0.6 is 27.3 Å². The number of hydrogen-bond acceptors (Lipinski definition) is 4. The van der Waals surface area contributed by atoms with E-state index >= 15 is 0 Å². The van der Waals surface area contributed by atoms with E-state index in [0.717, 1.165) is 28.7 Å². The first-order chi connectivity index (χ1) is 11.8. The summed E-state index contributed by atoms with van der Waals surface area (Å²) in [7, 11) is 0. The molecule has 130 valence electrons. The summed E-state index contributed by atoms with van der Waals surface area (Å²) in [4.78, 5) is 5.83. The van der Waals surface area contributed by atoms with Gasteiger partial charge in [0.1, 0.15) is 16.8 Å². The summed E-state index contributed by atoms with van der Waals surface area (Å²) in [6.07, 6.45) is 4.74. The number of nitrogens with zero attached hydrogens (tertiary/aromatic N) is 2. The van der Waals surface area contributed by atoms with Gasteiger partial charge in [-0.2, -0.15) is 5.26 Å². The molecule has 0 spiro atoms. The maximum Gasteiger partial charge on any atom is 0.134 e. The van der Waals surface area contributed by atoms with Crippen LogP contribution in [0.15, 0.2) is 27.7 Å². The van der Waals surface area contributed by atoms with Crippen LogP contribution in [0, 0.1) is 22.7 Å². The Morgan fingerprint density at radius 3 is 2.84 bits per heavy atom. The van der Waals surface area contributed by atoms with Gasteiger partial charge in [-0.3, -0.25) is 0 Å². The smallest absolute Gasteiger partial charge is 0.134 e. The molecule has 3 rings (SSSR count). The van der Waals surface area contributed by atoms with Crippen molar-refractivity contribution in [3.63, 3.8) is 0 Å². The first kappa shape index (κ1) is 18.2. The lowest BCUT2D eigenvalue weighted by Crippen LogP contribution is -2.26. The highest BCUT2D eigenvalue weighted by Crippen LogP contribution is 2.44. The Kier molecular flexibility index (Phi) is 5.04. The number of halogens is 1. The molecule has 1 aliphatic carbocycles. The highest BCUT2D eigenvalue weighted by atomic mass is 79.9. The van der Waals surface area contributed by atoms with Crippen molar-refractivity contribution in [2.75, 3.05) is 0 Å². The number of hydrogen-bond donors (Lipinski definition) is 1. The molecule has 1 heterocycles. The normalized spacial score (nSPS) is 17.5. The van der Waals surface area contributed by atoms with E-state index in [2.05, 4.69) is 47.8 Å². The summed E-state index contributed by atoms with van der Waals surface area (Å²) in [5, 5.41) is 20.3. The first-order valence-electron chi connectivity index (χ1n) is 8.37. The molecule has 1 N–H and O–H groups in total. The fourth-order valence-corrected chi connectivity index (χ4v) is 4.87. The van der Waals surface area contributed by atoms with Gasteiger partial charge in [-0.1, -0.05) is 36.7 Å². The summed E-state index contributed by atoms with van der Waals surface area (Å²) in [5.41, 5.74) is 2.80. The third-order valence-electron chi connectivity index (χ3n) is 4.89. The van der Waals surface area contributed by atoms with E-state index in [4.69, 9.17) is 0 Å². The van der Waals surface area contributed by atoms with Crippen molar-refractivity contribution in [3.05, 3.63) is 44.2 Å². The van der Waals surface area contributed by atoms with Crippen LogP contribution in [0.3, 0.4) is 0 Å². The molecule has 1 aromatic heterocycles. The van der Waals surface area contributed by atoms with E-state index in [1.807, 2.05) is 6.07 Å². The molecule has 0 saturated heterocycles.